The zero-order valence-corrected chi connectivity index (χ0v) is 6.75. The molecule has 0 bridgehead atoms. The van der Waals surface area contributed by atoms with Crippen LogP contribution in [-0.2, 0) is 6.42 Å². The Hall–Kier alpha value is -0.670. The van der Waals surface area contributed by atoms with Crippen LogP contribution in [0.4, 0.5) is 0 Å². The van der Waals surface area contributed by atoms with Gasteiger partial charge in [0.1, 0.15) is 5.15 Å². The average Bonchev–Trinajstić information content (AvgIpc) is 2.01. The number of aliphatic hydroxyl groups is 1. The van der Waals surface area contributed by atoms with Crippen molar-refractivity contribution in [1.82, 2.24) is 9.97 Å². The molecule has 0 aliphatic rings. The Morgan fingerprint density at radius 1 is 1.45 bits per heavy atom. The van der Waals surface area contributed by atoms with Crippen molar-refractivity contribution in [3.05, 3.63) is 23.2 Å². The number of hydrogen-bond donors (Lipinski definition) is 1. The third-order valence-electron chi connectivity index (χ3n) is 1.25. The molecule has 0 fully saturated rings. The number of hydrogen-bond acceptors (Lipinski definition) is 3. The van der Waals surface area contributed by atoms with Gasteiger partial charge in [0, 0.05) is 12.8 Å². The summed E-state index contributed by atoms with van der Waals surface area (Å²) < 4.78 is 0. The Bertz CT molecular complexity index is 229. The standard InChI is InChI=1S/C7H9ClN2O/c8-7-5-9-4-6(10-7)2-1-3-11/h4-5,11H,1-3H2. The molecule has 1 aromatic rings. The highest BCUT2D eigenvalue weighted by atomic mass is 35.5. The number of aliphatic hydroxyl groups excluding tert-OH is 1. The molecule has 1 heterocycles. The van der Waals surface area contributed by atoms with Gasteiger partial charge >= 0.3 is 0 Å². The molecule has 0 saturated carbocycles. The molecule has 11 heavy (non-hydrogen) atoms. The van der Waals surface area contributed by atoms with Gasteiger partial charge in [-0.25, -0.2) is 4.98 Å². The number of halogens is 1. The lowest BCUT2D eigenvalue weighted by molar-refractivity contribution is 0.288. The summed E-state index contributed by atoms with van der Waals surface area (Å²) in [4.78, 5) is 7.86. The zero-order valence-electron chi connectivity index (χ0n) is 6.00. The molecule has 0 atom stereocenters. The predicted molar refractivity (Wildman–Crippen MR) is 42.4 cm³/mol. The van der Waals surface area contributed by atoms with Gasteiger partial charge in [0.2, 0.25) is 0 Å². The van der Waals surface area contributed by atoms with Crippen molar-refractivity contribution >= 4 is 11.6 Å². The van der Waals surface area contributed by atoms with E-state index < -0.39 is 0 Å². The second-order valence-electron chi connectivity index (χ2n) is 2.16. The summed E-state index contributed by atoms with van der Waals surface area (Å²) in [5.74, 6) is 0. The van der Waals surface area contributed by atoms with E-state index in [1.165, 1.54) is 6.20 Å². The maximum Gasteiger partial charge on any atom is 0.147 e. The Morgan fingerprint density at radius 3 is 2.91 bits per heavy atom. The van der Waals surface area contributed by atoms with Gasteiger partial charge in [-0.05, 0) is 12.8 Å². The van der Waals surface area contributed by atoms with E-state index >= 15 is 0 Å². The Labute approximate surface area is 70.1 Å². The van der Waals surface area contributed by atoms with Gasteiger partial charge in [-0.1, -0.05) is 11.6 Å². The van der Waals surface area contributed by atoms with Gasteiger partial charge in [-0.3, -0.25) is 4.98 Å². The molecule has 3 nitrogen and oxygen atoms in total. The molecule has 0 aliphatic carbocycles. The van der Waals surface area contributed by atoms with Crippen molar-refractivity contribution in [3.63, 3.8) is 0 Å². The van der Waals surface area contributed by atoms with Crippen molar-refractivity contribution in [2.24, 2.45) is 0 Å². The highest BCUT2D eigenvalue weighted by molar-refractivity contribution is 6.29. The summed E-state index contributed by atoms with van der Waals surface area (Å²) in [6.45, 7) is 0.175. The van der Waals surface area contributed by atoms with Crippen molar-refractivity contribution in [2.45, 2.75) is 12.8 Å². The second-order valence-corrected chi connectivity index (χ2v) is 2.55. The molecule has 0 amide bonds. The van der Waals surface area contributed by atoms with Crippen molar-refractivity contribution in [3.8, 4) is 0 Å². The monoisotopic (exact) mass is 172 g/mol. The molecule has 0 unspecified atom stereocenters. The molecule has 1 aromatic heterocycles. The minimum Gasteiger partial charge on any atom is -0.396 e. The molecule has 60 valence electrons. The SMILES string of the molecule is OCCCc1cncc(Cl)n1. The van der Waals surface area contributed by atoms with E-state index in [2.05, 4.69) is 9.97 Å². The zero-order chi connectivity index (χ0) is 8.10. The number of rotatable bonds is 3. The van der Waals surface area contributed by atoms with Crippen molar-refractivity contribution in [1.29, 1.82) is 0 Å². The van der Waals surface area contributed by atoms with Crippen LogP contribution in [0.1, 0.15) is 12.1 Å². The lowest BCUT2D eigenvalue weighted by Gasteiger charge is -1.96. The molecule has 0 spiro atoms. The molecule has 4 heteroatoms. The van der Waals surface area contributed by atoms with Crippen LogP contribution < -0.4 is 0 Å². The molecule has 1 N–H and O–H groups in total. The van der Waals surface area contributed by atoms with E-state index in [1.807, 2.05) is 0 Å². The van der Waals surface area contributed by atoms with Gasteiger partial charge in [-0.15, -0.1) is 0 Å². The van der Waals surface area contributed by atoms with Gasteiger partial charge in [0.05, 0.1) is 11.9 Å². The van der Waals surface area contributed by atoms with E-state index in [4.69, 9.17) is 16.7 Å². The van der Waals surface area contributed by atoms with Crippen molar-refractivity contribution < 1.29 is 5.11 Å². The van der Waals surface area contributed by atoms with Crippen LogP contribution in [0, 0.1) is 0 Å². The summed E-state index contributed by atoms with van der Waals surface area (Å²) in [6, 6.07) is 0. The molecular formula is C7H9ClN2O. The fourth-order valence-electron chi connectivity index (χ4n) is 0.760. The van der Waals surface area contributed by atoms with E-state index in [9.17, 15) is 0 Å². The van der Waals surface area contributed by atoms with E-state index in [0.717, 1.165) is 12.1 Å². The van der Waals surface area contributed by atoms with Crippen LogP contribution >= 0.6 is 11.6 Å². The molecule has 0 aliphatic heterocycles. The number of aromatic nitrogens is 2. The second kappa shape index (κ2) is 4.26. The van der Waals surface area contributed by atoms with E-state index in [-0.39, 0.29) is 6.61 Å². The molecule has 0 radical (unpaired) electrons. The predicted octanol–water partition coefficient (Wildman–Crippen LogP) is 1.05. The normalized spacial score (nSPS) is 10.0. The van der Waals surface area contributed by atoms with Crippen LogP contribution in [-0.4, -0.2) is 21.7 Å². The molecule has 1 rings (SSSR count). The highest BCUT2D eigenvalue weighted by Gasteiger charge is 1.95. The summed E-state index contributed by atoms with van der Waals surface area (Å²) in [6.07, 6.45) is 4.57. The first-order chi connectivity index (χ1) is 5.33. The maximum absolute atomic E-state index is 8.52. The summed E-state index contributed by atoms with van der Waals surface area (Å²) in [5.41, 5.74) is 0.826. The fraction of sp³-hybridized carbons (Fsp3) is 0.429. The van der Waals surface area contributed by atoms with E-state index in [1.54, 1.807) is 6.20 Å². The number of aryl methyl sites for hydroxylation is 1. The van der Waals surface area contributed by atoms with Crippen LogP contribution in [0.3, 0.4) is 0 Å². The quantitative estimate of drug-likeness (QED) is 0.742. The maximum atomic E-state index is 8.52. The Balaban J connectivity index is 2.56. The molecular weight excluding hydrogens is 164 g/mol. The Morgan fingerprint density at radius 2 is 2.27 bits per heavy atom. The smallest absolute Gasteiger partial charge is 0.147 e. The van der Waals surface area contributed by atoms with Gasteiger partial charge < -0.3 is 5.11 Å². The van der Waals surface area contributed by atoms with Crippen molar-refractivity contribution in [2.75, 3.05) is 6.61 Å². The first kappa shape index (κ1) is 8.43. The summed E-state index contributed by atoms with van der Waals surface area (Å²) in [7, 11) is 0. The largest absolute Gasteiger partial charge is 0.396 e. The minimum atomic E-state index is 0.175. The highest BCUT2D eigenvalue weighted by Crippen LogP contribution is 2.03. The lowest BCUT2D eigenvalue weighted by Crippen LogP contribution is -1.93. The third-order valence-corrected chi connectivity index (χ3v) is 1.43. The summed E-state index contributed by atoms with van der Waals surface area (Å²) >= 11 is 5.59. The average molecular weight is 173 g/mol. The fourth-order valence-corrected chi connectivity index (χ4v) is 0.925. The van der Waals surface area contributed by atoms with Crippen LogP contribution in [0.5, 0.6) is 0 Å². The third kappa shape index (κ3) is 2.82. The number of nitrogens with zero attached hydrogens (tertiary/aromatic N) is 2. The molecule has 0 saturated heterocycles. The first-order valence-corrected chi connectivity index (χ1v) is 3.78. The molecule has 0 aromatic carbocycles. The topological polar surface area (TPSA) is 46.0 Å². The van der Waals surface area contributed by atoms with Crippen LogP contribution in [0.15, 0.2) is 12.4 Å². The van der Waals surface area contributed by atoms with Crippen LogP contribution in [0.2, 0.25) is 5.15 Å². The van der Waals surface area contributed by atoms with E-state index in [0.29, 0.717) is 11.6 Å². The Kier molecular flexibility index (Phi) is 3.26. The van der Waals surface area contributed by atoms with Gasteiger partial charge in [-0.2, -0.15) is 0 Å². The minimum absolute atomic E-state index is 0.175. The lowest BCUT2D eigenvalue weighted by atomic mass is 10.2. The first-order valence-electron chi connectivity index (χ1n) is 3.40. The van der Waals surface area contributed by atoms with Crippen LogP contribution in [0.25, 0.3) is 0 Å². The van der Waals surface area contributed by atoms with Gasteiger partial charge in [0.15, 0.2) is 0 Å². The van der Waals surface area contributed by atoms with Gasteiger partial charge in [0.25, 0.3) is 0 Å². The summed E-state index contributed by atoms with van der Waals surface area (Å²) in [5, 5.41) is 8.92.